The molecule has 0 atom stereocenters. The van der Waals surface area contributed by atoms with Gasteiger partial charge in [0.15, 0.2) is 11.0 Å². The van der Waals surface area contributed by atoms with E-state index in [9.17, 15) is 14.9 Å². The number of thioether (sulfide) groups is 1. The maximum atomic E-state index is 12.7. The molecule has 2 aromatic heterocycles. The maximum Gasteiger partial charge on any atom is 0.272 e. The molecule has 0 fully saturated rings. The van der Waals surface area contributed by atoms with Gasteiger partial charge in [-0.15, -0.1) is 0 Å². The number of hydrogen-bond donors (Lipinski definition) is 2. The van der Waals surface area contributed by atoms with Gasteiger partial charge < -0.3 is 0 Å². The molecule has 33 heavy (non-hydrogen) atoms. The van der Waals surface area contributed by atoms with Gasteiger partial charge in [0, 0.05) is 23.0 Å². The molecule has 0 spiro atoms. The third-order valence-electron chi connectivity index (χ3n) is 4.67. The Morgan fingerprint density at radius 2 is 1.94 bits per heavy atom. The fourth-order valence-corrected chi connectivity index (χ4v) is 3.92. The van der Waals surface area contributed by atoms with Gasteiger partial charge in [-0.3, -0.25) is 25.0 Å². The van der Waals surface area contributed by atoms with Crippen molar-refractivity contribution in [3.8, 4) is 17.3 Å². The van der Waals surface area contributed by atoms with Gasteiger partial charge in [0.05, 0.1) is 17.0 Å². The highest BCUT2D eigenvalue weighted by Crippen LogP contribution is 2.24. The largest absolute Gasteiger partial charge is 0.290 e. The SMILES string of the molecule is Cn1c(SCC(=O)NNc2ncnc3ccccc23)nc(-c2ccc(Cl)cc2)c(C#N)c1=O. The zero-order valence-corrected chi connectivity index (χ0v) is 18.8. The number of carbonyl (C=O) groups excluding carboxylic acids is 1. The summed E-state index contributed by atoms with van der Waals surface area (Å²) in [5, 5.41) is 11.1. The van der Waals surface area contributed by atoms with Crippen LogP contribution in [-0.2, 0) is 11.8 Å². The van der Waals surface area contributed by atoms with Crippen LogP contribution in [0.15, 0.2) is 64.8 Å². The zero-order chi connectivity index (χ0) is 23.4. The van der Waals surface area contributed by atoms with E-state index in [-0.39, 0.29) is 22.9 Å². The average molecular weight is 478 g/mol. The van der Waals surface area contributed by atoms with Gasteiger partial charge in [-0.05, 0) is 24.3 Å². The second-order valence-electron chi connectivity index (χ2n) is 6.80. The smallest absolute Gasteiger partial charge is 0.272 e. The van der Waals surface area contributed by atoms with Crippen molar-refractivity contribution in [3.05, 3.63) is 75.8 Å². The van der Waals surface area contributed by atoms with Crippen molar-refractivity contribution >= 4 is 46.0 Å². The third kappa shape index (κ3) is 4.79. The number of nitrogens with zero attached hydrogens (tertiary/aromatic N) is 5. The molecule has 0 aliphatic carbocycles. The molecular formula is C22H16ClN7O2S. The quantitative estimate of drug-likeness (QED) is 0.246. The van der Waals surface area contributed by atoms with Crippen LogP contribution in [0.25, 0.3) is 22.2 Å². The van der Waals surface area contributed by atoms with Crippen molar-refractivity contribution in [2.24, 2.45) is 7.05 Å². The lowest BCUT2D eigenvalue weighted by Crippen LogP contribution is -2.32. The molecule has 11 heteroatoms. The lowest BCUT2D eigenvalue weighted by Gasteiger charge is -2.12. The fraction of sp³-hybridized carbons (Fsp3) is 0.0909. The summed E-state index contributed by atoms with van der Waals surface area (Å²) in [6.07, 6.45) is 1.40. The zero-order valence-electron chi connectivity index (χ0n) is 17.2. The van der Waals surface area contributed by atoms with Gasteiger partial charge in [0.2, 0.25) is 5.91 Å². The number of nitrogens with one attached hydrogen (secondary N) is 2. The number of benzene rings is 2. The molecule has 1 amide bonds. The summed E-state index contributed by atoms with van der Waals surface area (Å²) < 4.78 is 1.25. The highest BCUT2D eigenvalue weighted by atomic mass is 35.5. The molecule has 9 nitrogen and oxygen atoms in total. The van der Waals surface area contributed by atoms with E-state index in [2.05, 4.69) is 25.8 Å². The summed E-state index contributed by atoms with van der Waals surface area (Å²) in [5.41, 5.74) is 6.38. The maximum absolute atomic E-state index is 12.7. The average Bonchev–Trinajstić information content (AvgIpc) is 2.84. The molecule has 164 valence electrons. The second-order valence-corrected chi connectivity index (χ2v) is 8.18. The molecule has 2 N–H and O–H groups in total. The summed E-state index contributed by atoms with van der Waals surface area (Å²) in [4.78, 5) is 37.9. The second kappa shape index (κ2) is 9.68. The molecule has 0 aliphatic rings. The van der Waals surface area contributed by atoms with Crippen molar-refractivity contribution in [1.29, 1.82) is 5.26 Å². The van der Waals surface area contributed by atoms with Crippen LogP contribution in [0.2, 0.25) is 5.02 Å². The predicted molar refractivity (Wildman–Crippen MR) is 127 cm³/mol. The number of aromatic nitrogens is 4. The number of para-hydroxylation sites is 1. The molecule has 2 aromatic carbocycles. The fourth-order valence-electron chi connectivity index (χ4n) is 3.03. The van der Waals surface area contributed by atoms with E-state index < -0.39 is 5.56 Å². The van der Waals surface area contributed by atoms with Crippen molar-refractivity contribution in [2.75, 3.05) is 11.2 Å². The van der Waals surface area contributed by atoms with Crippen molar-refractivity contribution < 1.29 is 4.79 Å². The highest BCUT2D eigenvalue weighted by Gasteiger charge is 2.17. The van der Waals surface area contributed by atoms with Crippen LogP contribution in [0.5, 0.6) is 0 Å². The van der Waals surface area contributed by atoms with Crippen molar-refractivity contribution in [2.45, 2.75) is 5.16 Å². The molecule has 4 aromatic rings. The number of anilines is 1. The summed E-state index contributed by atoms with van der Waals surface area (Å²) in [6.45, 7) is 0. The van der Waals surface area contributed by atoms with E-state index in [0.29, 0.717) is 21.6 Å². The first-order chi connectivity index (χ1) is 16.0. The van der Waals surface area contributed by atoms with Crippen molar-refractivity contribution in [3.63, 3.8) is 0 Å². The van der Waals surface area contributed by atoms with Gasteiger partial charge >= 0.3 is 0 Å². The minimum absolute atomic E-state index is 0.0255. The van der Waals surface area contributed by atoms with Gasteiger partial charge in [0.25, 0.3) is 5.56 Å². The van der Waals surface area contributed by atoms with E-state index in [4.69, 9.17) is 11.6 Å². The number of fused-ring (bicyclic) bond motifs is 1. The summed E-state index contributed by atoms with van der Waals surface area (Å²) >= 11 is 7.01. The number of nitriles is 1. The summed E-state index contributed by atoms with van der Waals surface area (Å²) in [5.74, 6) is 0.0876. The van der Waals surface area contributed by atoms with Crippen LogP contribution < -0.4 is 16.4 Å². The van der Waals surface area contributed by atoms with Crippen molar-refractivity contribution in [1.82, 2.24) is 24.9 Å². The Balaban J connectivity index is 1.50. The Morgan fingerprint density at radius 3 is 2.70 bits per heavy atom. The van der Waals surface area contributed by atoms with E-state index in [0.717, 1.165) is 22.7 Å². The molecule has 0 unspecified atom stereocenters. The lowest BCUT2D eigenvalue weighted by molar-refractivity contribution is -0.118. The first kappa shape index (κ1) is 22.3. The predicted octanol–water partition coefficient (Wildman–Crippen LogP) is 3.15. The number of carbonyl (C=O) groups is 1. The standard InChI is InChI=1S/C22H16ClN7O2S/c1-30-21(32)16(10-24)19(13-6-8-14(23)9-7-13)27-22(30)33-11-18(31)28-29-20-15-4-2-3-5-17(15)25-12-26-20/h2-9,12H,11H2,1H3,(H,28,31)(H,25,26,29). The van der Waals surface area contributed by atoms with Gasteiger partial charge in [-0.2, -0.15) is 5.26 Å². The molecule has 0 saturated heterocycles. The topological polar surface area (TPSA) is 126 Å². The van der Waals surface area contributed by atoms with Gasteiger partial charge in [-0.25, -0.2) is 15.0 Å². The van der Waals surface area contributed by atoms with Crippen LogP contribution >= 0.6 is 23.4 Å². The van der Waals surface area contributed by atoms with E-state index in [1.165, 1.54) is 17.9 Å². The van der Waals surface area contributed by atoms with Crippen LogP contribution in [0.1, 0.15) is 5.56 Å². The number of amides is 1. The Morgan fingerprint density at radius 1 is 1.18 bits per heavy atom. The highest BCUT2D eigenvalue weighted by molar-refractivity contribution is 7.99. The first-order valence-corrected chi connectivity index (χ1v) is 11.0. The Kier molecular flexibility index (Phi) is 6.53. The van der Waals surface area contributed by atoms with E-state index in [1.54, 1.807) is 24.3 Å². The monoisotopic (exact) mass is 477 g/mol. The molecule has 0 saturated carbocycles. The van der Waals surface area contributed by atoms with E-state index >= 15 is 0 Å². The lowest BCUT2D eigenvalue weighted by atomic mass is 10.1. The molecule has 0 aliphatic heterocycles. The summed E-state index contributed by atoms with van der Waals surface area (Å²) in [7, 11) is 1.51. The number of hydrogen-bond acceptors (Lipinski definition) is 8. The molecule has 4 rings (SSSR count). The Labute approximate surface area is 197 Å². The minimum Gasteiger partial charge on any atom is -0.290 e. The number of hydrazine groups is 1. The van der Waals surface area contributed by atoms with Gasteiger partial charge in [-0.1, -0.05) is 47.6 Å². The number of halogens is 1. The minimum atomic E-state index is -0.495. The molecule has 2 heterocycles. The molecule has 0 radical (unpaired) electrons. The summed E-state index contributed by atoms with van der Waals surface area (Å²) in [6, 6.07) is 16.0. The van der Waals surface area contributed by atoms with Crippen LogP contribution in [0.4, 0.5) is 5.82 Å². The van der Waals surface area contributed by atoms with Crippen LogP contribution in [0, 0.1) is 11.3 Å². The van der Waals surface area contributed by atoms with Crippen LogP contribution in [-0.4, -0.2) is 31.2 Å². The van der Waals surface area contributed by atoms with E-state index in [1.807, 2.05) is 30.3 Å². The Bertz CT molecular complexity index is 1440. The number of rotatable bonds is 6. The Hall–Kier alpha value is -3.94. The first-order valence-electron chi connectivity index (χ1n) is 9.62. The van der Waals surface area contributed by atoms with Crippen LogP contribution in [0.3, 0.4) is 0 Å². The normalized spacial score (nSPS) is 10.6. The third-order valence-corrected chi connectivity index (χ3v) is 5.96. The van der Waals surface area contributed by atoms with Gasteiger partial charge in [0.1, 0.15) is 18.0 Å². The molecular weight excluding hydrogens is 462 g/mol. The molecule has 0 bridgehead atoms.